The molecular weight excluding hydrogens is 594 g/mol. The van der Waals surface area contributed by atoms with Crippen molar-refractivity contribution in [1.82, 2.24) is 5.32 Å². The van der Waals surface area contributed by atoms with Crippen LogP contribution in [0.5, 0.6) is 0 Å². The van der Waals surface area contributed by atoms with E-state index < -0.39 is 51.5 Å². The van der Waals surface area contributed by atoms with Crippen LogP contribution < -0.4 is 10.6 Å². The quantitative estimate of drug-likeness (QED) is 0.206. The lowest BCUT2D eigenvalue weighted by Crippen LogP contribution is -2.43. The van der Waals surface area contributed by atoms with Gasteiger partial charge in [-0.25, -0.2) is 0 Å². The Morgan fingerprint density at radius 1 is 0.667 bits per heavy atom. The zero-order valence-corrected chi connectivity index (χ0v) is 26.4. The van der Waals surface area contributed by atoms with Gasteiger partial charge in [-0.3, -0.25) is 9.59 Å². The van der Waals surface area contributed by atoms with E-state index >= 15 is 0 Å². The number of anilines is 1. The number of amides is 2. The molecule has 0 atom stereocenters. The Balaban J connectivity index is 1.93. The zero-order chi connectivity index (χ0) is 33.8. The van der Waals surface area contributed by atoms with Crippen molar-refractivity contribution in [2.45, 2.75) is 97.0 Å². The number of unbranched alkanes of at least 4 members (excludes halogenated alkanes) is 1. The van der Waals surface area contributed by atoms with E-state index in [4.69, 9.17) is 0 Å². The maximum atomic E-state index is 14.3. The maximum absolute atomic E-state index is 14.3. The second-order valence-electron chi connectivity index (χ2n) is 12.3. The molecule has 0 unspecified atom stereocenters. The number of benzene rings is 3. The molecule has 45 heavy (non-hydrogen) atoms. The largest absolute Gasteiger partial charge is 0.417 e. The SMILES string of the molecule is CCCCC(C)(C)NC(=O)c1ccc(C(=O)Nc2ccc(-c3ccc(C(C)(CC)CC)cc3C(F)(F)F)c(C(F)(F)F)c2)cc1. The highest BCUT2D eigenvalue weighted by atomic mass is 19.4. The van der Waals surface area contributed by atoms with E-state index in [-0.39, 0.29) is 17.2 Å². The van der Waals surface area contributed by atoms with E-state index in [2.05, 4.69) is 17.6 Å². The molecule has 3 aromatic carbocycles. The first-order valence-electron chi connectivity index (χ1n) is 15.0. The molecule has 0 aliphatic rings. The van der Waals surface area contributed by atoms with Gasteiger partial charge in [0, 0.05) is 22.4 Å². The molecule has 0 spiro atoms. The van der Waals surface area contributed by atoms with E-state index in [1.165, 1.54) is 30.3 Å². The fraction of sp³-hybridized carbons (Fsp3) is 0.429. The molecule has 0 aromatic heterocycles. The van der Waals surface area contributed by atoms with Gasteiger partial charge in [-0.2, -0.15) is 26.3 Å². The molecule has 0 radical (unpaired) electrons. The summed E-state index contributed by atoms with van der Waals surface area (Å²) in [5, 5.41) is 5.33. The second-order valence-corrected chi connectivity index (χ2v) is 12.3. The van der Waals surface area contributed by atoms with Crippen molar-refractivity contribution < 1.29 is 35.9 Å². The number of hydrogen-bond acceptors (Lipinski definition) is 2. The fourth-order valence-electron chi connectivity index (χ4n) is 5.18. The third-order valence-electron chi connectivity index (χ3n) is 8.47. The molecule has 3 rings (SSSR count). The average molecular weight is 635 g/mol. The number of hydrogen-bond donors (Lipinski definition) is 2. The Morgan fingerprint density at radius 3 is 1.64 bits per heavy atom. The summed E-state index contributed by atoms with van der Waals surface area (Å²) in [6, 6.07) is 11.8. The van der Waals surface area contributed by atoms with Crippen molar-refractivity contribution in [2.24, 2.45) is 0 Å². The molecule has 244 valence electrons. The van der Waals surface area contributed by atoms with Crippen LogP contribution in [0.4, 0.5) is 32.0 Å². The van der Waals surface area contributed by atoms with Crippen molar-refractivity contribution in [3.63, 3.8) is 0 Å². The number of carbonyl (C=O) groups is 2. The average Bonchev–Trinajstić information content (AvgIpc) is 2.98. The third-order valence-corrected chi connectivity index (χ3v) is 8.47. The van der Waals surface area contributed by atoms with E-state index in [0.29, 0.717) is 30.0 Å². The molecule has 0 aliphatic heterocycles. The minimum absolute atomic E-state index is 0.0827. The molecule has 10 heteroatoms. The summed E-state index contributed by atoms with van der Waals surface area (Å²) in [5.41, 5.74) is -4.19. The van der Waals surface area contributed by atoms with Crippen LogP contribution in [0.1, 0.15) is 111 Å². The fourth-order valence-corrected chi connectivity index (χ4v) is 5.18. The van der Waals surface area contributed by atoms with Crippen LogP contribution in [0.3, 0.4) is 0 Å². The lowest BCUT2D eigenvalue weighted by atomic mass is 9.76. The molecule has 0 saturated carbocycles. The molecule has 0 heterocycles. The summed E-state index contributed by atoms with van der Waals surface area (Å²) in [6.07, 6.45) is -6.11. The lowest BCUT2D eigenvalue weighted by molar-refractivity contribution is -0.139. The molecular formula is C35H40F6N2O2. The van der Waals surface area contributed by atoms with E-state index in [9.17, 15) is 35.9 Å². The number of halogens is 6. The van der Waals surface area contributed by atoms with Gasteiger partial charge in [-0.05, 0) is 97.7 Å². The van der Waals surface area contributed by atoms with Crippen LogP contribution in [0.25, 0.3) is 11.1 Å². The highest BCUT2D eigenvalue weighted by Crippen LogP contribution is 2.45. The normalized spacial score (nSPS) is 12.6. The van der Waals surface area contributed by atoms with Gasteiger partial charge in [-0.1, -0.05) is 58.7 Å². The van der Waals surface area contributed by atoms with E-state index in [1.54, 1.807) is 0 Å². The maximum Gasteiger partial charge on any atom is 0.417 e. The Morgan fingerprint density at radius 2 is 1.16 bits per heavy atom. The molecule has 0 aliphatic carbocycles. The first kappa shape index (κ1) is 35.7. The van der Waals surface area contributed by atoms with Gasteiger partial charge in [0.2, 0.25) is 0 Å². The molecule has 0 bridgehead atoms. The van der Waals surface area contributed by atoms with Crippen LogP contribution in [0.2, 0.25) is 0 Å². The number of rotatable bonds is 11. The van der Waals surface area contributed by atoms with Gasteiger partial charge in [0.05, 0.1) is 11.1 Å². The van der Waals surface area contributed by atoms with Crippen molar-refractivity contribution in [3.8, 4) is 11.1 Å². The Labute approximate surface area is 260 Å². The Bertz CT molecular complexity index is 1500. The predicted octanol–water partition coefficient (Wildman–Crippen LogP) is 10.4. The molecule has 3 aromatic rings. The van der Waals surface area contributed by atoms with Gasteiger partial charge in [0.25, 0.3) is 11.8 Å². The van der Waals surface area contributed by atoms with Crippen LogP contribution in [0.15, 0.2) is 60.7 Å². The topological polar surface area (TPSA) is 58.2 Å². The van der Waals surface area contributed by atoms with Crippen LogP contribution in [-0.4, -0.2) is 17.4 Å². The van der Waals surface area contributed by atoms with Crippen molar-refractivity contribution >= 4 is 17.5 Å². The molecule has 0 saturated heterocycles. The number of alkyl halides is 6. The van der Waals surface area contributed by atoms with Crippen molar-refractivity contribution in [3.05, 3.63) is 88.5 Å². The van der Waals surface area contributed by atoms with Gasteiger partial charge in [-0.15, -0.1) is 0 Å². The summed E-state index contributed by atoms with van der Waals surface area (Å²) >= 11 is 0. The molecule has 0 fully saturated rings. The van der Waals surface area contributed by atoms with Crippen LogP contribution >= 0.6 is 0 Å². The lowest BCUT2D eigenvalue weighted by Gasteiger charge is -2.29. The van der Waals surface area contributed by atoms with Crippen molar-refractivity contribution in [1.29, 1.82) is 0 Å². The van der Waals surface area contributed by atoms with E-state index in [0.717, 1.165) is 43.5 Å². The molecule has 2 amide bonds. The molecule has 2 N–H and O–H groups in total. The monoisotopic (exact) mass is 634 g/mol. The standard InChI is InChI=1S/C35H40F6N2O2/c1-7-10-19-32(4,5)43-31(45)23-13-11-22(12-14-23)30(44)42-25-16-18-27(29(21-25)35(39,40)41)26-17-15-24(33(6,8-2)9-3)20-28(26)34(36,37)38/h11-18,20-21H,7-10,19H2,1-6H3,(H,42,44)(H,43,45). The van der Waals surface area contributed by atoms with Gasteiger partial charge in [0.1, 0.15) is 0 Å². The minimum Gasteiger partial charge on any atom is -0.347 e. The Hall–Kier alpha value is -3.82. The highest BCUT2D eigenvalue weighted by Gasteiger charge is 2.39. The zero-order valence-electron chi connectivity index (χ0n) is 26.4. The summed E-state index contributed by atoms with van der Waals surface area (Å²) in [6.45, 7) is 11.4. The third kappa shape index (κ3) is 8.67. The Kier molecular flexibility index (Phi) is 10.8. The van der Waals surface area contributed by atoms with Gasteiger partial charge >= 0.3 is 12.4 Å². The first-order chi connectivity index (χ1) is 20.8. The smallest absolute Gasteiger partial charge is 0.347 e. The summed E-state index contributed by atoms with van der Waals surface area (Å²) in [5.74, 6) is -1.07. The van der Waals surface area contributed by atoms with Crippen molar-refractivity contribution in [2.75, 3.05) is 5.32 Å². The predicted molar refractivity (Wildman–Crippen MR) is 165 cm³/mol. The van der Waals surface area contributed by atoms with Gasteiger partial charge in [0.15, 0.2) is 0 Å². The summed E-state index contributed by atoms with van der Waals surface area (Å²) in [4.78, 5) is 25.6. The van der Waals surface area contributed by atoms with Crippen LogP contribution in [-0.2, 0) is 17.8 Å². The number of nitrogens with one attached hydrogen (secondary N) is 2. The summed E-state index contributed by atoms with van der Waals surface area (Å²) < 4.78 is 85.4. The van der Waals surface area contributed by atoms with Gasteiger partial charge < -0.3 is 10.6 Å². The first-order valence-corrected chi connectivity index (χ1v) is 15.0. The number of carbonyl (C=O) groups excluding carboxylic acids is 2. The molecule has 4 nitrogen and oxygen atoms in total. The second kappa shape index (κ2) is 13.7. The highest BCUT2D eigenvalue weighted by molar-refractivity contribution is 6.05. The van der Waals surface area contributed by atoms with Crippen LogP contribution in [0, 0.1) is 0 Å². The summed E-state index contributed by atoms with van der Waals surface area (Å²) in [7, 11) is 0. The van der Waals surface area contributed by atoms with E-state index in [1.807, 2.05) is 34.6 Å². The minimum atomic E-state index is -5.02.